The highest BCUT2D eigenvalue weighted by Crippen LogP contribution is 2.57. The van der Waals surface area contributed by atoms with Gasteiger partial charge in [-0.15, -0.1) is 0 Å². The number of hydrogen-bond acceptors (Lipinski definition) is 2. The Balaban J connectivity index is 2.12. The molecule has 1 spiro atoms. The average molecular weight is 150 g/mol. The molecule has 0 amide bonds. The number of hydrogen-bond donors (Lipinski definition) is 0. The third kappa shape index (κ3) is 0.561. The molecule has 3 aliphatic carbocycles. The van der Waals surface area contributed by atoms with Crippen LogP contribution in [-0.4, -0.2) is 12.6 Å². The van der Waals surface area contributed by atoms with Gasteiger partial charge in [-0.05, 0) is 25.2 Å². The number of esters is 1. The normalized spacial score (nSPS) is 45.6. The van der Waals surface area contributed by atoms with Crippen molar-refractivity contribution in [2.75, 3.05) is 6.61 Å². The highest BCUT2D eigenvalue weighted by molar-refractivity contribution is 5.90. The Labute approximate surface area is 65.2 Å². The van der Waals surface area contributed by atoms with Gasteiger partial charge in [0.1, 0.15) is 0 Å². The second kappa shape index (κ2) is 1.52. The number of carbonyl (C=O) groups excluding carboxylic acids is 1. The summed E-state index contributed by atoms with van der Waals surface area (Å²) in [6, 6.07) is 0. The molecule has 2 nitrogen and oxygen atoms in total. The minimum absolute atomic E-state index is 0.0492. The number of carbonyl (C=O) groups is 1. The molecule has 3 heterocycles. The predicted octanol–water partition coefficient (Wildman–Crippen LogP) is 1.27. The van der Waals surface area contributed by atoms with Crippen molar-refractivity contribution in [3.63, 3.8) is 0 Å². The van der Waals surface area contributed by atoms with Crippen LogP contribution in [-0.2, 0) is 9.53 Å². The molecule has 0 unspecified atom stereocenters. The smallest absolute Gasteiger partial charge is 0.333 e. The van der Waals surface area contributed by atoms with Gasteiger partial charge in [-0.3, -0.25) is 0 Å². The van der Waals surface area contributed by atoms with Gasteiger partial charge in [0.25, 0.3) is 0 Å². The molecular weight excluding hydrogens is 140 g/mol. The average Bonchev–Trinajstić information content (AvgIpc) is 2.23. The molecular formula is C9H10O2. The van der Waals surface area contributed by atoms with E-state index in [0.717, 1.165) is 12.0 Å². The van der Waals surface area contributed by atoms with E-state index < -0.39 is 0 Å². The fraction of sp³-hybridized carbons (Fsp3) is 0.667. The zero-order chi connectivity index (χ0) is 7.47. The molecule has 6 rings (SSSR count). The summed E-state index contributed by atoms with van der Waals surface area (Å²) >= 11 is 0. The number of rotatable bonds is 0. The first-order valence-corrected chi connectivity index (χ1v) is 4.16. The highest BCUT2D eigenvalue weighted by atomic mass is 16.5. The van der Waals surface area contributed by atoms with Crippen LogP contribution in [0.15, 0.2) is 11.6 Å². The van der Waals surface area contributed by atoms with Crippen LogP contribution < -0.4 is 0 Å². The summed E-state index contributed by atoms with van der Waals surface area (Å²) in [6.07, 6.45) is 5.56. The van der Waals surface area contributed by atoms with Gasteiger partial charge in [-0.25, -0.2) is 4.79 Å². The maximum absolute atomic E-state index is 11.2. The van der Waals surface area contributed by atoms with Gasteiger partial charge < -0.3 is 4.74 Å². The molecule has 58 valence electrons. The van der Waals surface area contributed by atoms with Crippen LogP contribution in [0.1, 0.15) is 19.3 Å². The lowest BCUT2D eigenvalue weighted by Gasteiger charge is -2.47. The topological polar surface area (TPSA) is 26.3 Å². The summed E-state index contributed by atoms with van der Waals surface area (Å²) in [4.78, 5) is 11.2. The molecule has 0 N–H and O–H groups in total. The van der Waals surface area contributed by atoms with E-state index in [0.29, 0.717) is 17.9 Å². The summed E-state index contributed by atoms with van der Waals surface area (Å²) < 4.78 is 5.13. The van der Waals surface area contributed by atoms with Crippen molar-refractivity contribution < 1.29 is 9.53 Å². The first kappa shape index (κ1) is 5.81. The third-order valence-corrected chi connectivity index (χ3v) is 3.30. The molecule has 11 heavy (non-hydrogen) atoms. The largest absolute Gasteiger partial charge is 0.462 e. The monoisotopic (exact) mass is 150 g/mol. The summed E-state index contributed by atoms with van der Waals surface area (Å²) in [5.74, 6) is 0.505. The van der Waals surface area contributed by atoms with Gasteiger partial charge in [-0.1, -0.05) is 6.08 Å². The Morgan fingerprint density at radius 1 is 1.55 bits per heavy atom. The summed E-state index contributed by atoms with van der Waals surface area (Å²) in [5.41, 5.74) is 1.34. The molecule has 0 aromatic carbocycles. The predicted molar refractivity (Wildman–Crippen MR) is 38.8 cm³/mol. The first-order chi connectivity index (χ1) is 5.29. The minimum atomic E-state index is -0.0492. The zero-order valence-electron chi connectivity index (χ0n) is 6.30. The van der Waals surface area contributed by atoms with E-state index >= 15 is 0 Å². The standard InChI is InChI=1S/C9H10O2/c10-8-7-1-2-9(5-11-8)3-6(7)4-9/h1,6H,2-5H2. The van der Waals surface area contributed by atoms with E-state index in [2.05, 4.69) is 6.08 Å². The van der Waals surface area contributed by atoms with Crippen LogP contribution in [0.2, 0.25) is 0 Å². The van der Waals surface area contributed by atoms with Crippen molar-refractivity contribution >= 4 is 5.97 Å². The first-order valence-electron chi connectivity index (χ1n) is 4.16. The molecule has 3 fully saturated rings. The van der Waals surface area contributed by atoms with Crippen molar-refractivity contribution in [2.24, 2.45) is 11.3 Å². The van der Waals surface area contributed by atoms with Crippen LogP contribution in [0.4, 0.5) is 0 Å². The summed E-state index contributed by atoms with van der Waals surface area (Å²) in [5, 5.41) is 0. The molecule has 1 saturated carbocycles. The van der Waals surface area contributed by atoms with Crippen LogP contribution in [0.5, 0.6) is 0 Å². The van der Waals surface area contributed by atoms with E-state index in [-0.39, 0.29) is 5.97 Å². The fourth-order valence-electron chi connectivity index (χ4n) is 2.59. The number of ether oxygens (including phenoxy) is 1. The molecule has 0 aromatic rings. The van der Waals surface area contributed by atoms with Gasteiger partial charge >= 0.3 is 5.97 Å². The molecule has 3 aliphatic heterocycles. The van der Waals surface area contributed by atoms with Gasteiger partial charge in [-0.2, -0.15) is 0 Å². The van der Waals surface area contributed by atoms with E-state index in [4.69, 9.17) is 4.74 Å². The zero-order valence-corrected chi connectivity index (χ0v) is 6.30. The van der Waals surface area contributed by atoms with E-state index in [1.54, 1.807) is 0 Å². The van der Waals surface area contributed by atoms with E-state index in [1.807, 2.05) is 0 Å². The lowest BCUT2D eigenvalue weighted by molar-refractivity contribution is -0.140. The maximum Gasteiger partial charge on any atom is 0.333 e. The molecule has 0 atom stereocenters. The van der Waals surface area contributed by atoms with Gasteiger partial charge in [0.2, 0.25) is 0 Å². The fourth-order valence-corrected chi connectivity index (χ4v) is 2.59. The van der Waals surface area contributed by atoms with Crippen molar-refractivity contribution in [2.45, 2.75) is 19.3 Å². The SMILES string of the molecule is O=C1OCC23CC=C1C(C2)C3. The van der Waals surface area contributed by atoms with Crippen LogP contribution >= 0.6 is 0 Å². The van der Waals surface area contributed by atoms with E-state index in [9.17, 15) is 4.79 Å². The molecule has 2 saturated heterocycles. The van der Waals surface area contributed by atoms with Crippen LogP contribution in [0, 0.1) is 11.3 Å². The lowest BCUT2D eigenvalue weighted by Crippen LogP contribution is -2.41. The van der Waals surface area contributed by atoms with Crippen molar-refractivity contribution in [1.82, 2.24) is 0 Å². The quantitative estimate of drug-likeness (QED) is 0.486. The second-order valence-corrected chi connectivity index (χ2v) is 4.04. The second-order valence-electron chi connectivity index (χ2n) is 4.04. The number of allylic oxidation sites excluding steroid dienone is 1. The molecule has 3 bridgehead atoms. The molecule has 0 aromatic heterocycles. The van der Waals surface area contributed by atoms with Gasteiger partial charge in [0.15, 0.2) is 0 Å². The van der Waals surface area contributed by atoms with Gasteiger partial charge in [0.05, 0.1) is 6.61 Å². The Morgan fingerprint density at radius 3 is 3.00 bits per heavy atom. The lowest BCUT2D eigenvalue weighted by atomic mass is 9.55. The Hall–Kier alpha value is -0.790. The van der Waals surface area contributed by atoms with Crippen molar-refractivity contribution in [3.8, 4) is 0 Å². The highest BCUT2D eigenvalue weighted by Gasteiger charge is 2.53. The molecule has 6 aliphatic rings. The molecule has 2 heteroatoms. The van der Waals surface area contributed by atoms with Crippen molar-refractivity contribution in [3.05, 3.63) is 11.6 Å². The van der Waals surface area contributed by atoms with Gasteiger partial charge in [0, 0.05) is 11.0 Å². The Morgan fingerprint density at radius 2 is 2.36 bits per heavy atom. The Bertz CT molecular complexity index is 259. The van der Waals surface area contributed by atoms with Crippen LogP contribution in [0.25, 0.3) is 0 Å². The maximum atomic E-state index is 11.2. The Kier molecular flexibility index (Phi) is 0.803. The van der Waals surface area contributed by atoms with E-state index in [1.165, 1.54) is 12.8 Å². The third-order valence-electron chi connectivity index (χ3n) is 3.30. The van der Waals surface area contributed by atoms with Crippen molar-refractivity contribution in [1.29, 1.82) is 0 Å². The molecule has 0 radical (unpaired) electrons. The summed E-state index contributed by atoms with van der Waals surface area (Å²) in [7, 11) is 0. The van der Waals surface area contributed by atoms with Crippen LogP contribution in [0.3, 0.4) is 0 Å². The summed E-state index contributed by atoms with van der Waals surface area (Å²) in [6.45, 7) is 0.669. The minimum Gasteiger partial charge on any atom is -0.462 e.